The molecule has 0 aliphatic carbocycles. The number of benzene rings is 1. The van der Waals surface area contributed by atoms with Crippen molar-refractivity contribution in [3.8, 4) is 0 Å². The van der Waals surface area contributed by atoms with Crippen LogP contribution in [0.5, 0.6) is 0 Å². The van der Waals surface area contributed by atoms with Gasteiger partial charge in [0.25, 0.3) is 0 Å². The SMILES string of the molecule is CC(C)NCC(C)c1ccc(CN2CCN(C)CC2)cc1. The van der Waals surface area contributed by atoms with Crippen LogP contribution in [-0.2, 0) is 6.54 Å². The number of nitrogens with one attached hydrogen (secondary N) is 1. The van der Waals surface area contributed by atoms with Crippen LogP contribution < -0.4 is 5.32 Å². The van der Waals surface area contributed by atoms with Crippen LogP contribution in [0.3, 0.4) is 0 Å². The van der Waals surface area contributed by atoms with Gasteiger partial charge in [0.2, 0.25) is 0 Å². The van der Waals surface area contributed by atoms with E-state index in [4.69, 9.17) is 0 Å². The van der Waals surface area contributed by atoms with Crippen LogP contribution in [0.25, 0.3) is 0 Å². The number of hydrogen-bond donors (Lipinski definition) is 1. The molecule has 1 heterocycles. The van der Waals surface area contributed by atoms with Gasteiger partial charge in [-0.3, -0.25) is 4.90 Å². The van der Waals surface area contributed by atoms with Crippen LogP contribution in [0, 0.1) is 0 Å². The summed E-state index contributed by atoms with van der Waals surface area (Å²) >= 11 is 0. The molecular weight excluding hydrogens is 258 g/mol. The molecule has 1 unspecified atom stereocenters. The molecule has 3 heteroatoms. The van der Waals surface area contributed by atoms with Gasteiger partial charge in [-0.2, -0.15) is 0 Å². The number of likely N-dealkylation sites (N-methyl/N-ethyl adjacent to an activating group) is 1. The molecule has 1 fully saturated rings. The Labute approximate surface area is 130 Å². The molecule has 118 valence electrons. The first-order valence-corrected chi connectivity index (χ1v) is 8.27. The van der Waals surface area contributed by atoms with E-state index in [1.54, 1.807) is 0 Å². The molecule has 0 aromatic heterocycles. The minimum absolute atomic E-state index is 0.559. The molecule has 1 saturated heterocycles. The molecule has 0 amide bonds. The number of rotatable bonds is 6. The molecule has 0 saturated carbocycles. The molecule has 0 radical (unpaired) electrons. The Bertz CT molecular complexity index is 405. The molecule has 1 aliphatic heterocycles. The van der Waals surface area contributed by atoms with Crippen LogP contribution in [-0.4, -0.2) is 55.6 Å². The second-order valence-corrected chi connectivity index (χ2v) is 6.79. The Morgan fingerprint density at radius 3 is 2.19 bits per heavy atom. The first-order valence-electron chi connectivity index (χ1n) is 8.27. The Morgan fingerprint density at radius 2 is 1.62 bits per heavy atom. The van der Waals surface area contributed by atoms with Crippen molar-refractivity contribution < 1.29 is 0 Å². The fourth-order valence-corrected chi connectivity index (χ4v) is 2.75. The van der Waals surface area contributed by atoms with Gasteiger partial charge in [-0.15, -0.1) is 0 Å². The predicted octanol–water partition coefficient (Wildman–Crippen LogP) is 2.54. The summed E-state index contributed by atoms with van der Waals surface area (Å²) in [4.78, 5) is 4.96. The number of piperazine rings is 1. The number of hydrogen-bond acceptors (Lipinski definition) is 3. The summed E-state index contributed by atoms with van der Waals surface area (Å²) in [5.41, 5.74) is 2.87. The van der Waals surface area contributed by atoms with E-state index < -0.39 is 0 Å². The van der Waals surface area contributed by atoms with E-state index in [9.17, 15) is 0 Å². The summed E-state index contributed by atoms with van der Waals surface area (Å²) in [5, 5.41) is 3.52. The zero-order valence-electron chi connectivity index (χ0n) is 14.1. The van der Waals surface area contributed by atoms with Gasteiger partial charge in [0.15, 0.2) is 0 Å². The van der Waals surface area contributed by atoms with Crippen molar-refractivity contribution in [2.45, 2.75) is 39.3 Å². The van der Waals surface area contributed by atoms with Crippen molar-refractivity contribution >= 4 is 0 Å². The van der Waals surface area contributed by atoms with Gasteiger partial charge < -0.3 is 10.2 Å². The Kier molecular flexibility index (Phi) is 6.22. The lowest BCUT2D eigenvalue weighted by Crippen LogP contribution is -2.43. The van der Waals surface area contributed by atoms with Crippen molar-refractivity contribution in [1.29, 1.82) is 0 Å². The fraction of sp³-hybridized carbons (Fsp3) is 0.667. The summed E-state index contributed by atoms with van der Waals surface area (Å²) < 4.78 is 0. The Hall–Kier alpha value is -0.900. The van der Waals surface area contributed by atoms with E-state index in [0.29, 0.717) is 12.0 Å². The Morgan fingerprint density at radius 1 is 1.00 bits per heavy atom. The maximum Gasteiger partial charge on any atom is 0.0234 e. The lowest BCUT2D eigenvalue weighted by atomic mass is 9.99. The highest BCUT2D eigenvalue weighted by Gasteiger charge is 2.14. The minimum atomic E-state index is 0.559. The molecular formula is C18H31N3. The van der Waals surface area contributed by atoms with Crippen molar-refractivity contribution in [1.82, 2.24) is 15.1 Å². The van der Waals surface area contributed by atoms with Gasteiger partial charge in [0, 0.05) is 45.3 Å². The highest BCUT2D eigenvalue weighted by molar-refractivity contribution is 5.25. The Balaban J connectivity index is 1.84. The lowest BCUT2D eigenvalue weighted by molar-refractivity contribution is 0.148. The fourth-order valence-electron chi connectivity index (χ4n) is 2.75. The largest absolute Gasteiger partial charge is 0.314 e. The van der Waals surface area contributed by atoms with E-state index >= 15 is 0 Å². The van der Waals surface area contributed by atoms with Crippen molar-refractivity contribution in [3.63, 3.8) is 0 Å². The standard InChI is InChI=1S/C18H31N3/c1-15(2)19-13-16(3)18-7-5-17(6-8-18)14-21-11-9-20(4)10-12-21/h5-8,15-16,19H,9-14H2,1-4H3. The summed E-state index contributed by atoms with van der Waals surface area (Å²) in [5.74, 6) is 0.574. The van der Waals surface area contributed by atoms with E-state index in [0.717, 1.165) is 13.1 Å². The van der Waals surface area contributed by atoms with Crippen LogP contribution >= 0.6 is 0 Å². The van der Waals surface area contributed by atoms with E-state index in [1.165, 1.54) is 37.3 Å². The molecule has 1 atom stereocenters. The molecule has 1 aromatic carbocycles. The third-order valence-electron chi connectivity index (χ3n) is 4.38. The van der Waals surface area contributed by atoms with Gasteiger partial charge in [0.1, 0.15) is 0 Å². The van der Waals surface area contributed by atoms with Gasteiger partial charge in [-0.25, -0.2) is 0 Å². The summed E-state index contributed by atoms with van der Waals surface area (Å²) in [6, 6.07) is 9.78. The van der Waals surface area contributed by atoms with E-state index in [2.05, 4.69) is 67.2 Å². The van der Waals surface area contributed by atoms with E-state index in [-0.39, 0.29) is 0 Å². The molecule has 1 aliphatic rings. The van der Waals surface area contributed by atoms with Crippen LogP contribution in [0.2, 0.25) is 0 Å². The third-order valence-corrected chi connectivity index (χ3v) is 4.38. The molecule has 1 N–H and O–H groups in total. The van der Waals surface area contributed by atoms with Crippen LogP contribution in [0.4, 0.5) is 0 Å². The van der Waals surface area contributed by atoms with E-state index in [1.807, 2.05) is 0 Å². The average molecular weight is 289 g/mol. The second kappa shape index (κ2) is 7.92. The van der Waals surface area contributed by atoms with Crippen LogP contribution in [0.1, 0.15) is 37.8 Å². The number of nitrogens with zero attached hydrogens (tertiary/aromatic N) is 2. The maximum absolute atomic E-state index is 3.52. The molecule has 0 spiro atoms. The average Bonchev–Trinajstić information content (AvgIpc) is 2.48. The molecule has 21 heavy (non-hydrogen) atoms. The summed E-state index contributed by atoms with van der Waals surface area (Å²) in [6.45, 7) is 13.6. The first kappa shape index (κ1) is 16.5. The normalized spacial score (nSPS) is 19.1. The predicted molar refractivity (Wildman–Crippen MR) is 90.8 cm³/mol. The molecule has 3 nitrogen and oxygen atoms in total. The smallest absolute Gasteiger partial charge is 0.0234 e. The third kappa shape index (κ3) is 5.42. The lowest BCUT2D eigenvalue weighted by Gasteiger charge is -2.32. The monoisotopic (exact) mass is 289 g/mol. The summed E-state index contributed by atoms with van der Waals surface area (Å²) in [6.07, 6.45) is 0. The van der Waals surface area contributed by atoms with Gasteiger partial charge in [-0.1, -0.05) is 45.0 Å². The topological polar surface area (TPSA) is 18.5 Å². The quantitative estimate of drug-likeness (QED) is 0.868. The molecule has 0 bridgehead atoms. The highest BCUT2D eigenvalue weighted by Crippen LogP contribution is 2.16. The molecule has 1 aromatic rings. The zero-order chi connectivity index (χ0) is 15.2. The summed E-state index contributed by atoms with van der Waals surface area (Å²) in [7, 11) is 2.21. The highest BCUT2D eigenvalue weighted by atomic mass is 15.2. The second-order valence-electron chi connectivity index (χ2n) is 6.79. The minimum Gasteiger partial charge on any atom is -0.314 e. The maximum atomic E-state index is 3.52. The van der Waals surface area contributed by atoms with Crippen molar-refractivity contribution in [2.24, 2.45) is 0 Å². The zero-order valence-corrected chi connectivity index (χ0v) is 14.1. The van der Waals surface area contributed by atoms with Crippen LogP contribution in [0.15, 0.2) is 24.3 Å². The molecule has 2 rings (SSSR count). The van der Waals surface area contributed by atoms with Gasteiger partial charge >= 0.3 is 0 Å². The van der Waals surface area contributed by atoms with Crippen molar-refractivity contribution in [3.05, 3.63) is 35.4 Å². The van der Waals surface area contributed by atoms with Gasteiger partial charge in [-0.05, 0) is 24.1 Å². The first-order chi connectivity index (χ1) is 10.0. The van der Waals surface area contributed by atoms with Gasteiger partial charge in [0.05, 0.1) is 0 Å². The van der Waals surface area contributed by atoms with Crippen molar-refractivity contribution in [2.75, 3.05) is 39.8 Å².